The predicted molar refractivity (Wildman–Crippen MR) is 85.1 cm³/mol. The van der Waals surface area contributed by atoms with Gasteiger partial charge >= 0.3 is 0 Å². The van der Waals surface area contributed by atoms with E-state index in [9.17, 15) is 8.78 Å². The summed E-state index contributed by atoms with van der Waals surface area (Å²) in [4.78, 5) is 0.989. The van der Waals surface area contributed by atoms with Crippen molar-refractivity contribution in [3.8, 4) is 0 Å². The maximum atomic E-state index is 13.9. The van der Waals surface area contributed by atoms with Crippen LogP contribution in [0.2, 0.25) is 5.02 Å². The summed E-state index contributed by atoms with van der Waals surface area (Å²) in [6.07, 6.45) is 0.553. The first-order chi connectivity index (χ1) is 10.1. The van der Waals surface area contributed by atoms with Crippen molar-refractivity contribution in [2.24, 2.45) is 0 Å². The van der Waals surface area contributed by atoms with Crippen LogP contribution >= 0.6 is 23.4 Å². The van der Waals surface area contributed by atoms with Crippen LogP contribution in [0.3, 0.4) is 0 Å². The minimum Gasteiger partial charge on any atom is -0.316 e. The van der Waals surface area contributed by atoms with Gasteiger partial charge in [0.05, 0.1) is 5.02 Å². The molecule has 5 heteroatoms. The molecule has 0 aliphatic carbocycles. The van der Waals surface area contributed by atoms with Gasteiger partial charge in [-0.3, -0.25) is 0 Å². The molecule has 0 aromatic heterocycles. The van der Waals surface area contributed by atoms with Crippen molar-refractivity contribution in [1.82, 2.24) is 5.32 Å². The molecule has 1 unspecified atom stereocenters. The molecule has 2 aromatic carbocycles. The lowest BCUT2D eigenvalue weighted by molar-refractivity contribution is 0.568. The van der Waals surface area contributed by atoms with E-state index in [4.69, 9.17) is 11.6 Å². The van der Waals surface area contributed by atoms with Gasteiger partial charge in [-0.25, -0.2) is 8.78 Å². The van der Waals surface area contributed by atoms with Gasteiger partial charge in [-0.1, -0.05) is 23.7 Å². The molecule has 0 aliphatic rings. The summed E-state index contributed by atoms with van der Waals surface area (Å²) in [6.45, 7) is 0. The third-order valence-corrected chi connectivity index (χ3v) is 4.64. The fourth-order valence-corrected chi connectivity index (χ4v) is 3.14. The molecule has 0 saturated carbocycles. The van der Waals surface area contributed by atoms with Crippen molar-refractivity contribution >= 4 is 23.4 Å². The molecular formula is C16H16ClF2NS. The van der Waals surface area contributed by atoms with Gasteiger partial charge in [0.2, 0.25) is 0 Å². The molecule has 112 valence electrons. The van der Waals surface area contributed by atoms with Crippen LogP contribution in [0.15, 0.2) is 47.4 Å². The summed E-state index contributed by atoms with van der Waals surface area (Å²) >= 11 is 7.40. The van der Waals surface area contributed by atoms with E-state index in [1.807, 2.05) is 7.05 Å². The van der Waals surface area contributed by atoms with Gasteiger partial charge in [-0.05, 0) is 49.4 Å². The summed E-state index contributed by atoms with van der Waals surface area (Å²) < 4.78 is 26.7. The summed E-state index contributed by atoms with van der Waals surface area (Å²) in [7, 11) is 1.85. The van der Waals surface area contributed by atoms with Gasteiger partial charge in [0.25, 0.3) is 0 Å². The van der Waals surface area contributed by atoms with Crippen LogP contribution in [0.5, 0.6) is 0 Å². The molecule has 2 aromatic rings. The first kappa shape index (κ1) is 16.3. The second-order valence-electron chi connectivity index (χ2n) is 4.67. The molecule has 1 atom stereocenters. The highest BCUT2D eigenvalue weighted by molar-refractivity contribution is 7.99. The quantitative estimate of drug-likeness (QED) is 0.782. The van der Waals surface area contributed by atoms with Crippen LogP contribution in [0.1, 0.15) is 5.56 Å². The Morgan fingerprint density at radius 1 is 1.14 bits per heavy atom. The predicted octanol–water partition coefficient (Wildman–Crippen LogP) is 4.54. The Labute approximate surface area is 132 Å². The Kier molecular flexibility index (Phi) is 6.03. The van der Waals surface area contributed by atoms with E-state index in [0.717, 1.165) is 10.6 Å². The van der Waals surface area contributed by atoms with Gasteiger partial charge in [0.15, 0.2) is 0 Å². The lowest BCUT2D eigenvalue weighted by Gasteiger charge is -2.16. The lowest BCUT2D eigenvalue weighted by atomic mass is 10.1. The third-order valence-electron chi connectivity index (χ3n) is 3.17. The van der Waals surface area contributed by atoms with E-state index in [1.54, 1.807) is 42.1 Å². The van der Waals surface area contributed by atoms with Gasteiger partial charge in [0, 0.05) is 16.7 Å². The van der Waals surface area contributed by atoms with E-state index >= 15 is 0 Å². The van der Waals surface area contributed by atoms with Crippen LogP contribution in [-0.2, 0) is 6.42 Å². The highest BCUT2D eigenvalue weighted by Gasteiger charge is 2.13. The number of likely N-dealkylation sites (N-methyl/N-ethyl adjacent to an activating group) is 1. The second-order valence-corrected chi connectivity index (χ2v) is 6.17. The molecule has 1 N–H and O–H groups in total. The Balaban J connectivity index is 1.97. The van der Waals surface area contributed by atoms with Crippen molar-refractivity contribution in [3.63, 3.8) is 0 Å². The Morgan fingerprint density at radius 3 is 2.52 bits per heavy atom. The Morgan fingerprint density at radius 2 is 1.86 bits per heavy atom. The summed E-state index contributed by atoms with van der Waals surface area (Å²) in [5.74, 6) is 0.158. The average Bonchev–Trinajstić information content (AvgIpc) is 2.49. The van der Waals surface area contributed by atoms with Crippen molar-refractivity contribution in [3.05, 3.63) is 64.7 Å². The SMILES string of the molecule is CNC(CSc1ccc(F)cc1)Cc1cccc(Cl)c1F. The zero-order valence-electron chi connectivity index (χ0n) is 11.6. The van der Waals surface area contributed by atoms with Crippen LogP contribution in [0.4, 0.5) is 8.78 Å². The first-order valence-corrected chi connectivity index (χ1v) is 7.95. The van der Waals surface area contributed by atoms with E-state index in [1.165, 1.54) is 12.1 Å². The summed E-state index contributed by atoms with van der Waals surface area (Å²) in [5.41, 5.74) is 0.599. The number of hydrogen-bond donors (Lipinski definition) is 1. The Hall–Kier alpha value is -1.10. The molecule has 0 bridgehead atoms. The Bertz CT molecular complexity index is 589. The number of halogens is 3. The zero-order valence-corrected chi connectivity index (χ0v) is 13.1. The van der Waals surface area contributed by atoms with E-state index in [-0.39, 0.29) is 22.7 Å². The van der Waals surface area contributed by atoms with Crippen LogP contribution < -0.4 is 5.32 Å². The first-order valence-electron chi connectivity index (χ1n) is 6.58. The van der Waals surface area contributed by atoms with Crippen LogP contribution in [0, 0.1) is 11.6 Å². The average molecular weight is 328 g/mol. The molecule has 0 spiro atoms. The summed E-state index contributed by atoms with van der Waals surface area (Å²) in [6, 6.07) is 11.5. The highest BCUT2D eigenvalue weighted by atomic mass is 35.5. The minimum absolute atomic E-state index is 0.105. The largest absolute Gasteiger partial charge is 0.316 e. The van der Waals surface area contributed by atoms with Gasteiger partial charge < -0.3 is 5.32 Å². The molecule has 21 heavy (non-hydrogen) atoms. The second kappa shape index (κ2) is 7.78. The molecule has 0 saturated heterocycles. The number of hydrogen-bond acceptors (Lipinski definition) is 2. The number of benzene rings is 2. The zero-order chi connectivity index (χ0) is 15.2. The lowest BCUT2D eigenvalue weighted by Crippen LogP contribution is -2.30. The molecule has 0 heterocycles. The molecule has 0 radical (unpaired) electrons. The topological polar surface area (TPSA) is 12.0 Å². The maximum absolute atomic E-state index is 13.9. The minimum atomic E-state index is -0.355. The van der Waals surface area contributed by atoms with Gasteiger partial charge in [-0.2, -0.15) is 0 Å². The van der Waals surface area contributed by atoms with Crippen molar-refractivity contribution in [2.75, 3.05) is 12.8 Å². The molecular weight excluding hydrogens is 312 g/mol. The highest BCUT2D eigenvalue weighted by Crippen LogP contribution is 2.22. The number of nitrogens with one attached hydrogen (secondary N) is 1. The van der Waals surface area contributed by atoms with Gasteiger partial charge in [0.1, 0.15) is 11.6 Å². The monoisotopic (exact) mass is 327 g/mol. The fourth-order valence-electron chi connectivity index (χ4n) is 1.94. The molecule has 1 nitrogen and oxygen atoms in total. The summed E-state index contributed by atoms with van der Waals surface area (Å²) in [5, 5.41) is 3.32. The number of thioether (sulfide) groups is 1. The van der Waals surface area contributed by atoms with Crippen molar-refractivity contribution in [1.29, 1.82) is 0 Å². The molecule has 0 aliphatic heterocycles. The van der Waals surface area contributed by atoms with Crippen molar-refractivity contribution in [2.45, 2.75) is 17.4 Å². The number of rotatable bonds is 6. The molecule has 0 fully saturated rings. The van der Waals surface area contributed by atoms with Crippen molar-refractivity contribution < 1.29 is 8.78 Å². The van der Waals surface area contributed by atoms with Gasteiger partial charge in [-0.15, -0.1) is 11.8 Å². The van der Waals surface area contributed by atoms with Crippen LogP contribution in [-0.4, -0.2) is 18.8 Å². The molecule has 0 amide bonds. The smallest absolute Gasteiger partial charge is 0.145 e. The standard InChI is InChI=1S/C16H16ClF2NS/c1-20-13(9-11-3-2-4-15(17)16(11)19)10-21-14-7-5-12(18)6-8-14/h2-8,13,20H,9-10H2,1H3. The maximum Gasteiger partial charge on any atom is 0.145 e. The van der Waals surface area contributed by atoms with Crippen LogP contribution in [0.25, 0.3) is 0 Å². The van der Waals surface area contributed by atoms with E-state index in [0.29, 0.717) is 12.0 Å². The normalized spacial score (nSPS) is 12.4. The van der Waals surface area contributed by atoms with E-state index < -0.39 is 0 Å². The third kappa shape index (κ3) is 4.70. The molecule has 2 rings (SSSR count). The fraction of sp³-hybridized carbons (Fsp3) is 0.250. The van der Waals surface area contributed by atoms with E-state index in [2.05, 4.69) is 5.32 Å².